The van der Waals surface area contributed by atoms with Gasteiger partial charge in [0.15, 0.2) is 11.5 Å². The van der Waals surface area contributed by atoms with Gasteiger partial charge in [0, 0.05) is 12.0 Å². The van der Waals surface area contributed by atoms with Crippen molar-refractivity contribution in [1.29, 1.82) is 0 Å². The third kappa shape index (κ3) is 3.21. The van der Waals surface area contributed by atoms with Crippen molar-refractivity contribution in [3.05, 3.63) is 23.5 Å². The Hall–Kier alpha value is -2.37. The highest BCUT2D eigenvalue weighted by Crippen LogP contribution is 2.38. The molecular formula is C11H7F4NO6S. The van der Waals surface area contributed by atoms with Crippen LogP contribution in [0.4, 0.5) is 17.6 Å². The molecule has 23 heavy (non-hydrogen) atoms. The molecule has 12 heteroatoms. The average molecular weight is 357 g/mol. The second kappa shape index (κ2) is 5.68. The lowest BCUT2D eigenvalue weighted by molar-refractivity contribution is -0.133. The van der Waals surface area contributed by atoms with Crippen LogP contribution in [0.3, 0.4) is 0 Å². The Labute approximate surface area is 126 Å². The highest BCUT2D eigenvalue weighted by Gasteiger charge is 2.49. The SMILES string of the molecule is COC(=O)C1=NOc2c(OS(=O)(=O)C(F)(F)F)ccc(F)c2C1. The predicted molar refractivity (Wildman–Crippen MR) is 65.8 cm³/mol. The first-order chi connectivity index (χ1) is 10.6. The fourth-order valence-corrected chi connectivity index (χ4v) is 2.07. The molecule has 1 aromatic carbocycles. The largest absolute Gasteiger partial charge is 0.534 e. The quantitative estimate of drug-likeness (QED) is 0.353. The minimum atomic E-state index is -5.97. The van der Waals surface area contributed by atoms with Gasteiger partial charge < -0.3 is 13.8 Å². The molecule has 2 rings (SSSR count). The van der Waals surface area contributed by atoms with Crippen LogP contribution in [0.2, 0.25) is 0 Å². The molecule has 126 valence electrons. The number of oxime groups is 1. The fourth-order valence-electron chi connectivity index (χ4n) is 1.61. The molecule has 7 nitrogen and oxygen atoms in total. The number of methoxy groups -OCH3 is 1. The zero-order valence-electron chi connectivity index (χ0n) is 11.2. The third-order valence-electron chi connectivity index (χ3n) is 2.66. The van der Waals surface area contributed by atoms with E-state index in [1.54, 1.807) is 0 Å². The Morgan fingerprint density at radius 3 is 2.57 bits per heavy atom. The third-order valence-corrected chi connectivity index (χ3v) is 3.63. The number of hydrogen-bond acceptors (Lipinski definition) is 7. The zero-order chi connectivity index (χ0) is 17.4. The number of rotatable bonds is 3. The minimum absolute atomic E-state index is 0.352. The van der Waals surface area contributed by atoms with Crippen LogP contribution in [0.25, 0.3) is 0 Å². The van der Waals surface area contributed by atoms with Gasteiger partial charge in [-0.1, -0.05) is 5.16 Å². The van der Waals surface area contributed by atoms with E-state index in [9.17, 15) is 30.8 Å². The fraction of sp³-hybridized carbons (Fsp3) is 0.273. The molecule has 0 spiro atoms. The van der Waals surface area contributed by atoms with Gasteiger partial charge >= 0.3 is 21.6 Å². The molecule has 0 bridgehead atoms. The maximum absolute atomic E-state index is 13.7. The highest BCUT2D eigenvalue weighted by atomic mass is 32.2. The highest BCUT2D eigenvalue weighted by molar-refractivity contribution is 7.88. The first-order valence-corrected chi connectivity index (χ1v) is 7.12. The molecule has 1 heterocycles. The van der Waals surface area contributed by atoms with Crippen LogP contribution in [-0.4, -0.2) is 32.7 Å². The normalized spacial score (nSPS) is 14.4. The molecule has 0 saturated carbocycles. The van der Waals surface area contributed by atoms with Gasteiger partial charge in [-0.2, -0.15) is 21.6 Å². The summed E-state index contributed by atoms with van der Waals surface area (Å²) in [6.45, 7) is 0. The van der Waals surface area contributed by atoms with Crippen LogP contribution in [-0.2, 0) is 26.1 Å². The maximum Gasteiger partial charge on any atom is 0.534 e. The van der Waals surface area contributed by atoms with Crippen LogP contribution < -0.4 is 9.02 Å². The van der Waals surface area contributed by atoms with Crippen molar-refractivity contribution < 1.29 is 44.5 Å². The Bertz CT molecular complexity index is 786. The summed E-state index contributed by atoms with van der Waals surface area (Å²) in [5.74, 6) is -3.48. The van der Waals surface area contributed by atoms with E-state index in [1.165, 1.54) is 0 Å². The Morgan fingerprint density at radius 1 is 1.35 bits per heavy atom. The van der Waals surface area contributed by atoms with Crippen molar-refractivity contribution in [3.8, 4) is 11.5 Å². The lowest BCUT2D eigenvalue weighted by Gasteiger charge is -2.18. The van der Waals surface area contributed by atoms with Crippen molar-refractivity contribution in [1.82, 2.24) is 0 Å². The number of carbonyl (C=O) groups excluding carboxylic acids is 1. The lowest BCUT2D eigenvalue weighted by atomic mass is 10.1. The van der Waals surface area contributed by atoms with E-state index in [0.29, 0.717) is 12.1 Å². The summed E-state index contributed by atoms with van der Waals surface area (Å²) in [6, 6.07) is 1.31. The second-order valence-corrected chi connectivity index (χ2v) is 5.67. The van der Waals surface area contributed by atoms with Crippen LogP contribution in [0.5, 0.6) is 11.5 Å². The Morgan fingerprint density at radius 2 is 2.00 bits per heavy atom. The van der Waals surface area contributed by atoms with E-state index in [-0.39, 0.29) is 5.71 Å². The van der Waals surface area contributed by atoms with E-state index in [1.807, 2.05) is 0 Å². The molecule has 0 radical (unpaired) electrons. The van der Waals surface area contributed by atoms with Gasteiger partial charge in [0.05, 0.1) is 7.11 Å². The number of hydrogen-bond donors (Lipinski definition) is 0. The predicted octanol–water partition coefficient (Wildman–Crippen LogP) is 1.52. The number of carbonyl (C=O) groups is 1. The number of halogens is 4. The summed E-state index contributed by atoms with van der Waals surface area (Å²) in [5.41, 5.74) is -6.42. The van der Waals surface area contributed by atoms with Crippen LogP contribution in [0.1, 0.15) is 5.56 Å². The molecule has 0 amide bonds. The van der Waals surface area contributed by atoms with E-state index in [2.05, 4.69) is 18.9 Å². The number of esters is 1. The molecule has 0 aromatic heterocycles. The maximum atomic E-state index is 13.7. The van der Waals surface area contributed by atoms with Gasteiger partial charge in [0.25, 0.3) is 0 Å². The van der Waals surface area contributed by atoms with Crippen molar-refractivity contribution >= 4 is 21.8 Å². The van der Waals surface area contributed by atoms with Gasteiger partial charge in [0.2, 0.25) is 5.75 Å². The van der Waals surface area contributed by atoms with Crippen LogP contribution in [0.15, 0.2) is 17.3 Å². The van der Waals surface area contributed by atoms with Gasteiger partial charge in [-0.25, -0.2) is 9.18 Å². The number of nitrogens with zero attached hydrogens (tertiary/aromatic N) is 1. The Kier molecular flexibility index (Phi) is 4.20. The summed E-state index contributed by atoms with van der Waals surface area (Å²) < 4.78 is 81.0. The topological polar surface area (TPSA) is 91.3 Å². The number of alkyl halides is 3. The Balaban J connectivity index is 2.42. The minimum Gasteiger partial charge on any atom is -0.464 e. The molecule has 0 N–H and O–H groups in total. The molecular weight excluding hydrogens is 350 g/mol. The first kappa shape index (κ1) is 17.0. The molecule has 0 aliphatic carbocycles. The zero-order valence-corrected chi connectivity index (χ0v) is 12.0. The number of fused-ring (bicyclic) bond motifs is 1. The van der Waals surface area contributed by atoms with E-state index in [4.69, 9.17) is 0 Å². The summed E-state index contributed by atoms with van der Waals surface area (Å²) in [6.07, 6.45) is -0.475. The molecule has 0 fully saturated rings. The lowest BCUT2D eigenvalue weighted by Crippen LogP contribution is -2.29. The van der Waals surface area contributed by atoms with Crippen LogP contribution >= 0.6 is 0 Å². The summed E-state index contributed by atoms with van der Waals surface area (Å²) in [7, 11) is -4.94. The smallest absolute Gasteiger partial charge is 0.464 e. The molecule has 0 saturated heterocycles. The molecule has 1 aliphatic rings. The van der Waals surface area contributed by atoms with E-state index >= 15 is 0 Å². The summed E-state index contributed by atoms with van der Waals surface area (Å²) in [5, 5.41) is 3.25. The molecule has 1 aliphatic heterocycles. The van der Waals surface area contributed by atoms with E-state index < -0.39 is 50.9 Å². The van der Waals surface area contributed by atoms with Gasteiger partial charge in [-0.3, -0.25) is 0 Å². The van der Waals surface area contributed by atoms with Crippen molar-refractivity contribution in [2.24, 2.45) is 5.16 Å². The number of benzene rings is 1. The van der Waals surface area contributed by atoms with Gasteiger partial charge in [-0.05, 0) is 12.1 Å². The molecule has 1 aromatic rings. The first-order valence-electron chi connectivity index (χ1n) is 5.71. The standard InChI is InChI=1S/C11H7F4NO6S/c1-20-10(17)7-4-5-6(12)2-3-8(9(5)21-16-7)22-23(18,19)11(13,14)15/h2-3H,4H2,1H3. The monoisotopic (exact) mass is 357 g/mol. The van der Waals surface area contributed by atoms with Crippen LogP contribution in [0, 0.1) is 5.82 Å². The van der Waals surface area contributed by atoms with Crippen molar-refractivity contribution in [2.75, 3.05) is 7.11 Å². The summed E-state index contributed by atoms with van der Waals surface area (Å²) >= 11 is 0. The molecule has 0 atom stereocenters. The van der Waals surface area contributed by atoms with E-state index in [0.717, 1.165) is 7.11 Å². The summed E-state index contributed by atoms with van der Waals surface area (Å²) in [4.78, 5) is 15.9. The second-order valence-electron chi connectivity index (χ2n) is 4.13. The van der Waals surface area contributed by atoms with Gasteiger partial charge in [-0.15, -0.1) is 0 Å². The molecule has 0 unspecified atom stereocenters. The van der Waals surface area contributed by atoms with Gasteiger partial charge in [0.1, 0.15) is 5.82 Å². The van der Waals surface area contributed by atoms with Crippen molar-refractivity contribution in [2.45, 2.75) is 11.9 Å². The average Bonchev–Trinajstić information content (AvgIpc) is 2.47. The number of ether oxygens (including phenoxy) is 1. The van der Waals surface area contributed by atoms with Crippen molar-refractivity contribution in [3.63, 3.8) is 0 Å².